The van der Waals surface area contributed by atoms with Gasteiger partial charge >= 0.3 is 5.97 Å². The van der Waals surface area contributed by atoms with Gasteiger partial charge in [0, 0.05) is 23.7 Å². The molecule has 1 N–H and O–H groups in total. The Hall–Kier alpha value is -1.07. The monoisotopic (exact) mass is 311 g/mol. The smallest absolute Gasteiger partial charge is 0.311 e. The SMILES string of the molecule is CC(C)C1(C(=O)O)CCN(CCSc2ccc(F)cc2)C1. The molecule has 1 aliphatic rings. The Bertz CT molecular complexity index is 492. The summed E-state index contributed by atoms with van der Waals surface area (Å²) in [6.45, 7) is 6.32. The van der Waals surface area contributed by atoms with Crippen molar-refractivity contribution < 1.29 is 14.3 Å². The molecule has 0 spiro atoms. The van der Waals surface area contributed by atoms with E-state index >= 15 is 0 Å². The summed E-state index contributed by atoms with van der Waals surface area (Å²) in [6.07, 6.45) is 0.723. The van der Waals surface area contributed by atoms with Crippen LogP contribution in [0.2, 0.25) is 0 Å². The first kappa shape index (κ1) is 16.3. The third-order valence-corrected chi connectivity index (χ3v) is 5.39. The van der Waals surface area contributed by atoms with Crippen LogP contribution < -0.4 is 0 Å². The van der Waals surface area contributed by atoms with Crippen LogP contribution in [0.3, 0.4) is 0 Å². The summed E-state index contributed by atoms with van der Waals surface area (Å²) < 4.78 is 12.8. The number of thioether (sulfide) groups is 1. The van der Waals surface area contributed by atoms with E-state index in [0.717, 1.165) is 30.2 Å². The summed E-state index contributed by atoms with van der Waals surface area (Å²) in [5, 5.41) is 9.51. The van der Waals surface area contributed by atoms with Crippen molar-refractivity contribution in [1.82, 2.24) is 4.90 Å². The molecule has 0 bridgehead atoms. The first-order valence-corrected chi connectivity index (χ1v) is 8.27. The number of rotatable bonds is 6. The fraction of sp³-hybridized carbons (Fsp3) is 0.562. The Morgan fingerprint density at radius 2 is 2.10 bits per heavy atom. The normalized spacial score (nSPS) is 22.9. The Morgan fingerprint density at radius 1 is 1.43 bits per heavy atom. The molecule has 1 fully saturated rings. The van der Waals surface area contributed by atoms with Crippen LogP contribution in [0, 0.1) is 17.2 Å². The quantitative estimate of drug-likeness (QED) is 0.818. The van der Waals surface area contributed by atoms with Crippen LogP contribution in [0.1, 0.15) is 20.3 Å². The van der Waals surface area contributed by atoms with Gasteiger partial charge in [-0.1, -0.05) is 13.8 Å². The molecular formula is C16H22FNO2S. The van der Waals surface area contributed by atoms with Crippen molar-refractivity contribution in [2.24, 2.45) is 11.3 Å². The number of carboxylic acids is 1. The minimum absolute atomic E-state index is 0.143. The van der Waals surface area contributed by atoms with E-state index in [1.807, 2.05) is 13.8 Å². The molecule has 1 saturated heterocycles. The average Bonchev–Trinajstić information content (AvgIpc) is 2.87. The second-order valence-corrected chi connectivity index (χ2v) is 7.11. The summed E-state index contributed by atoms with van der Waals surface area (Å²) in [6, 6.07) is 6.48. The van der Waals surface area contributed by atoms with Crippen LogP contribution in [-0.2, 0) is 4.79 Å². The summed E-state index contributed by atoms with van der Waals surface area (Å²) in [4.78, 5) is 14.8. The molecule has 2 rings (SSSR count). The molecule has 116 valence electrons. The lowest BCUT2D eigenvalue weighted by molar-refractivity contribution is -0.150. The average molecular weight is 311 g/mol. The zero-order valence-electron chi connectivity index (χ0n) is 12.5. The van der Waals surface area contributed by atoms with Crippen LogP contribution in [0.25, 0.3) is 0 Å². The van der Waals surface area contributed by atoms with E-state index in [1.54, 1.807) is 23.9 Å². The number of hydrogen-bond acceptors (Lipinski definition) is 3. The van der Waals surface area contributed by atoms with Crippen LogP contribution >= 0.6 is 11.8 Å². The minimum atomic E-state index is -0.675. The standard InChI is InChI=1S/C16H22FNO2S/c1-12(2)16(15(19)20)7-8-18(11-16)9-10-21-14-5-3-13(17)4-6-14/h3-6,12H,7-11H2,1-2H3,(H,19,20). The number of carbonyl (C=O) groups is 1. The molecule has 0 aromatic heterocycles. The van der Waals surface area contributed by atoms with Crippen molar-refractivity contribution in [3.63, 3.8) is 0 Å². The van der Waals surface area contributed by atoms with Crippen molar-refractivity contribution in [1.29, 1.82) is 0 Å². The molecule has 1 aromatic carbocycles. The number of halogens is 1. The van der Waals surface area contributed by atoms with Crippen molar-refractivity contribution in [3.05, 3.63) is 30.1 Å². The van der Waals surface area contributed by atoms with Crippen LogP contribution in [0.15, 0.2) is 29.2 Å². The first-order chi connectivity index (χ1) is 9.94. The molecule has 0 aliphatic carbocycles. The molecule has 0 saturated carbocycles. The number of nitrogens with zero attached hydrogens (tertiary/aromatic N) is 1. The molecule has 1 aliphatic heterocycles. The summed E-state index contributed by atoms with van der Waals surface area (Å²) in [7, 11) is 0. The zero-order chi connectivity index (χ0) is 15.5. The van der Waals surface area contributed by atoms with Gasteiger partial charge in [-0.15, -0.1) is 11.8 Å². The van der Waals surface area contributed by atoms with Gasteiger partial charge in [0.25, 0.3) is 0 Å². The Kier molecular flexibility index (Phi) is 5.27. The lowest BCUT2D eigenvalue weighted by atomic mass is 9.76. The van der Waals surface area contributed by atoms with E-state index < -0.39 is 11.4 Å². The maximum atomic E-state index is 12.8. The molecule has 1 aromatic rings. The largest absolute Gasteiger partial charge is 0.481 e. The van der Waals surface area contributed by atoms with Crippen molar-refractivity contribution in [2.45, 2.75) is 25.2 Å². The third kappa shape index (κ3) is 3.77. The Balaban J connectivity index is 1.83. The van der Waals surface area contributed by atoms with Crippen molar-refractivity contribution in [3.8, 4) is 0 Å². The van der Waals surface area contributed by atoms with Gasteiger partial charge in [-0.3, -0.25) is 4.79 Å². The van der Waals surface area contributed by atoms with Gasteiger partial charge in [-0.25, -0.2) is 4.39 Å². The second kappa shape index (κ2) is 6.79. The van der Waals surface area contributed by atoms with E-state index in [1.165, 1.54) is 12.1 Å². The topological polar surface area (TPSA) is 40.5 Å². The van der Waals surface area contributed by atoms with E-state index in [-0.39, 0.29) is 11.7 Å². The van der Waals surface area contributed by atoms with E-state index in [4.69, 9.17) is 0 Å². The van der Waals surface area contributed by atoms with Gasteiger partial charge < -0.3 is 10.0 Å². The minimum Gasteiger partial charge on any atom is -0.481 e. The maximum absolute atomic E-state index is 12.8. The molecule has 5 heteroatoms. The predicted octanol–water partition coefficient (Wildman–Crippen LogP) is 3.35. The highest BCUT2D eigenvalue weighted by Crippen LogP contribution is 2.38. The molecule has 0 radical (unpaired) electrons. The van der Waals surface area contributed by atoms with Crippen molar-refractivity contribution in [2.75, 3.05) is 25.4 Å². The molecule has 1 atom stereocenters. The molecule has 0 amide bonds. The number of hydrogen-bond donors (Lipinski definition) is 1. The van der Waals surface area contributed by atoms with Gasteiger partial charge in [-0.2, -0.15) is 0 Å². The Labute approximate surface area is 129 Å². The first-order valence-electron chi connectivity index (χ1n) is 7.28. The maximum Gasteiger partial charge on any atom is 0.311 e. The Morgan fingerprint density at radius 3 is 2.62 bits per heavy atom. The van der Waals surface area contributed by atoms with Gasteiger partial charge in [0.2, 0.25) is 0 Å². The molecule has 3 nitrogen and oxygen atoms in total. The number of carboxylic acid groups (broad SMARTS) is 1. The lowest BCUT2D eigenvalue weighted by Gasteiger charge is -2.28. The fourth-order valence-corrected chi connectivity index (χ4v) is 3.74. The number of likely N-dealkylation sites (tertiary alicyclic amines) is 1. The number of benzene rings is 1. The van der Waals surface area contributed by atoms with E-state index in [0.29, 0.717) is 6.54 Å². The van der Waals surface area contributed by atoms with Gasteiger partial charge in [0.15, 0.2) is 0 Å². The van der Waals surface area contributed by atoms with Gasteiger partial charge in [0.05, 0.1) is 5.41 Å². The summed E-state index contributed by atoms with van der Waals surface area (Å²) in [5.41, 5.74) is -0.597. The predicted molar refractivity (Wildman–Crippen MR) is 83.1 cm³/mol. The van der Waals surface area contributed by atoms with E-state index in [2.05, 4.69) is 4.90 Å². The summed E-state index contributed by atoms with van der Waals surface area (Å²) in [5.74, 6) is 0.136. The molecule has 1 heterocycles. The third-order valence-electron chi connectivity index (χ3n) is 4.40. The number of aliphatic carboxylic acids is 1. The van der Waals surface area contributed by atoms with Crippen LogP contribution in [0.4, 0.5) is 4.39 Å². The van der Waals surface area contributed by atoms with Crippen molar-refractivity contribution >= 4 is 17.7 Å². The summed E-state index contributed by atoms with van der Waals surface area (Å²) >= 11 is 1.68. The molecule has 1 unspecified atom stereocenters. The highest BCUT2D eigenvalue weighted by Gasteiger charge is 2.46. The van der Waals surface area contributed by atoms with E-state index in [9.17, 15) is 14.3 Å². The zero-order valence-corrected chi connectivity index (χ0v) is 13.3. The fourth-order valence-electron chi connectivity index (χ4n) is 2.82. The van der Waals surface area contributed by atoms with Gasteiger partial charge in [0.1, 0.15) is 5.82 Å². The lowest BCUT2D eigenvalue weighted by Crippen LogP contribution is -2.39. The molecule has 21 heavy (non-hydrogen) atoms. The second-order valence-electron chi connectivity index (χ2n) is 5.94. The van der Waals surface area contributed by atoms with Crippen LogP contribution in [-0.4, -0.2) is 41.4 Å². The molecular weight excluding hydrogens is 289 g/mol. The highest BCUT2D eigenvalue weighted by molar-refractivity contribution is 7.99. The van der Waals surface area contributed by atoms with Crippen LogP contribution in [0.5, 0.6) is 0 Å². The highest BCUT2D eigenvalue weighted by atomic mass is 32.2. The van der Waals surface area contributed by atoms with Gasteiger partial charge in [-0.05, 0) is 43.1 Å².